The van der Waals surface area contributed by atoms with Gasteiger partial charge in [0.05, 0.1) is 12.6 Å². The van der Waals surface area contributed by atoms with Gasteiger partial charge in [0, 0.05) is 19.1 Å². The third-order valence-electron chi connectivity index (χ3n) is 3.41. The molecule has 4 heteroatoms. The molecule has 1 fully saturated rings. The summed E-state index contributed by atoms with van der Waals surface area (Å²) in [5, 5.41) is 3.32. The van der Waals surface area contributed by atoms with E-state index < -0.39 is 0 Å². The Labute approximate surface area is 121 Å². The van der Waals surface area contributed by atoms with E-state index >= 15 is 0 Å². The predicted octanol–water partition coefficient (Wildman–Crippen LogP) is 2.18. The number of rotatable bonds is 6. The van der Waals surface area contributed by atoms with Gasteiger partial charge >= 0.3 is 0 Å². The van der Waals surface area contributed by atoms with Crippen LogP contribution in [0.25, 0.3) is 0 Å². The summed E-state index contributed by atoms with van der Waals surface area (Å²) >= 11 is 0. The van der Waals surface area contributed by atoms with Gasteiger partial charge in [-0.3, -0.25) is 4.79 Å². The van der Waals surface area contributed by atoms with Gasteiger partial charge in [-0.1, -0.05) is 26.0 Å². The number of benzene rings is 1. The minimum Gasteiger partial charge on any atom is -0.494 e. The van der Waals surface area contributed by atoms with Crippen molar-refractivity contribution < 1.29 is 9.53 Å². The van der Waals surface area contributed by atoms with Crippen molar-refractivity contribution in [2.75, 3.05) is 13.2 Å². The molecule has 0 spiro atoms. The lowest BCUT2D eigenvalue weighted by atomic mass is 10.2. The Bertz CT molecular complexity index is 460. The van der Waals surface area contributed by atoms with E-state index in [0.29, 0.717) is 19.2 Å². The smallest absolute Gasteiger partial charge is 0.240 e. The normalized spacial score (nSPS) is 18.9. The molecule has 1 unspecified atom stereocenters. The van der Waals surface area contributed by atoms with E-state index in [-0.39, 0.29) is 11.9 Å². The number of carbonyl (C=O) groups excluding carboxylic acids is 1. The largest absolute Gasteiger partial charge is 0.494 e. The summed E-state index contributed by atoms with van der Waals surface area (Å²) in [7, 11) is 0. The topological polar surface area (TPSA) is 41.6 Å². The van der Waals surface area contributed by atoms with E-state index in [2.05, 4.69) is 19.2 Å². The average molecular weight is 276 g/mol. The highest BCUT2D eigenvalue weighted by Crippen LogP contribution is 2.19. The first-order valence-electron chi connectivity index (χ1n) is 7.36. The van der Waals surface area contributed by atoms with Crippen molar-refractivity contribution in [1.29, 1.82) is 0 Å². The first-order valence-corrected chi connectivity index (χ1v) is 7.36. The molecular weight excluding hydrogens is 252 g/mol. The van der Waals surface area contributed by atoms with Gasteiger partial charge < -0.3 is 15.0 Å². The first kappa shape index (κ1) is 14.9. The molecule has 0 aliphatic carbocycles. The quantitative estimate of drug-likeness (QED) is 0.866. The maximum atomic E-state index is 12.3. The molecule has 1 aliphatic heterocycles. The van der Waals surface area contributed by atoms with E-state index in [1.807, 2.05) is 36.1 Å². The molecule has 1 amide bonds. The zero-order valence-corrected chi connectivity index (χ0v) is 12.6. The number of ether oxygens (including phenoxy) is 1. The monoisotopic (exact) mass is 276 g/mol. The van der Waals surface area contributed by atoms with Crippen LogP contribution in [-0.2, 0) is 11.3 Å². The Hall–Kier alpha value is -1.55. The standard InChI is InChI=1S/C16H24N2O2/c1-4-20-14-7-5-6-13(10-14)11-18-9-8-15(16(18)19)17-12(2)3/h5-7,10,12,15,17H,4,8-9,11H2,1-3H3. The lowest BCUT2D eigenvalue weighted by Crippen LogP contribution is -2.41. The fourth-order valence-corrected chi connectivity index (χ4v) is 2.57. The minimum atomic E-state index is -0.0231. The zero-order valence-electron chi connectivity index (χ0n) is 12.6. The zero-order chi connectivity index (χ0) is 14.5. The number of hydrogen-bond acceptors (Lipinski definition) is 3. The van der Waals surface area contributed by atoms with Gasteiger partial charge in [0.25, 0.3) is 0 Å². The van der Waals surface area contributed by atoms with Crippen LogP contribution in [0.5, 0.6) is 5.75 Å². The predicted molar refractivity (Wildman–Crippen MR) is 79.7 cm³/mol. The fourth-order valence-electron chi connectivity index (χ4n) is 2.57. The highest BCUT2D eigenvalue weighted by atomic mass is 16.5. The summed E-state index contributed by atoms with van der Waals surface area (Å²) in [4.78, 5) is 14.2. The van der Waals surface area contributed by atoms with E-state index in [9.17, 15) is 4.79 Å². The molecule has 0 aromatic heterocycles. The van der Waals surface area contributed by atoms with Crippen LogP contribution in [0.3, 0.4) is 0 Å². The second kappa shape index (κ2) is 6.75. The van der Waals surface area contributed by atoms with Crippen LogP contribution < -0.4 is 10.1 Å². The summed E-state index contributed by atoms with van der Waals surface area (Å²) in [6.07, 6.45) is 0.891. The van der Waals surface area contributed by atoms with Crippen LogP contribution in [0.15, 0.2) is 24.3 Å². The second-order valence-electron chi connectivity index (χ2n) is 5.50. The molecule has 20 heavy (non-hydrogen) atoms. The molecule has 1 aliphatic rings. The molecule has 1 heterocycles. The number of amides is 1. The Morgan fingerprint density at radius 2 is 2.25 bits per heavy atom. The van der Waals surface area contributed by atoms with Gasteiger partial charge in [0.1, 0.15) is 5.75 Å². The van der Waals surface area contributed by atoms with E-state index in [1.165, 1.54) is 0 Å². The Balaban J connectivity index is 1.97. The highest BCUT2D eigenvalue weighted by Gasteiger charge is 2.31. The molecule has 1 saturated heterocycles. The molecule has 0 bridgehead atoms. The SMILES string of the molecule is CCOc1cccc(CN2CCC(NC(C)C)C2=O)c1. The molecule has 0 radical (unpaired) electrons. The fraction of sp³-hybridized carbons (Fsp3) is 0.562. The Morgan fingerprint density at radius 3 is 2.95 bits per heavy atom. The van der Waals surface area contributed by atoms with Crippen LogP contribution >= 0.6 is 0 Å². The van der Waals surface area contributed by atoms with Crippen molar-refractivity contribution >= 4 is 5.91 Å². The van der Waals surface area contributed by atoms with Crippen molar-refractivity contribution in [3.8, 4) is 5.75 Å². The van der Waals surface area contributed by atoms with E-state index in [4.69, 9.17) is 4.74 Å². The summed E-state index contributed by atoms with van der Waals surface area (Å²) in [5.74, 6) is 1.08. The third kappa shape index (κ3) is 3.73. The number of hydrogen-bond donors (Lipinski definition) is 1. The molecular formula is C16H24N2O2. The highest BCUT2D eigenvalue weighted by molar-refractivity contribution is 5.84. The number of likely N-dealkylation sites (tertiary alicyclic amines) is 1. The Kier molecular flexibility index (Phi) is 5.01. The maximum absolute atomic E-state index is 12.3. The number of nitrogens with zero attached hydrogens (tertiary/aromatic N) is 1. The lowest BCUT2D eigenvalue weighted by Gasteiger charge is -2.18. The van der Waals surface area contributed by atoms with Crippen molar-refractivity contribution in [1.82, 2.24) is 10.2 Å². The average Bonchev–Trinajstić information content (AvgIpc) is 2.72. The molecule has 1 atom stereocenters. The second-order valence-corrected chi connectivity index (χ2v) is 5.50. The summed E-state index contributed by atoms with van der Waals surface area (Å²) in [5.41, 5.74) is 1.12. The molecule has 0 saturated carbocycles. The van der Waals surface area contributed by atoms with Gasteiger partial charge in [-0.2, -0.15) is 0 Å². The molecule has 1 aromatic carbocycles. The van der Waals surface area contributed by atoms with E-state index in [0.717, 1.165) is 24.3 Å². The van der Waals surface area contributed by atoms with Gasteiger partial charge in [0.15, 0.2) is 0 Å². The van der Waals surface area contributed by atoms with Crippen molar-refractivity contribution in [2.24, 2.45) is 0 Å². The lowest BCUT2D eigenvalue weighted by molar-refractivity contribution is -0.130. The number of nitrogens with one attached hydrogen (secondary N) is 1. The molecule has 2 rings (SSSR count). The van der Waals surface area contributed by atoms with Gasteiger partial charge in [-0.25, -0.2) is 0 Å². The van der Waals surface area contributed by atoms with Crippen molar-refractivity contribution in [3.63, 3.8) is 0 Å². The molecule has 1 N–H and O–H groups in total. The number of carbonyl (C=O) groups is 1. The third-order valence-corrected chi connectivity index (χ3v) is 3.41. The van der Waals surface area contributed by atoms with Crippen molar-refractivity contribution in [3.05, 3.63) is 29.8 Å². The van der Waals surface area contributed by atoms with Crippen LogP contribution in [0.4, 0.5) is 0 Å². The van der Waals surface area contributed by atoms with Crippen LogP contribution in [0.2, 0.25) is 0 Å². The van der Waals surface area contributed by atoms with Gasteiger partial charge in [0.2, 0.25) is 5.91 Å². The van der Waals surface area contributed by atoms with E-state index in [1.54, 1.807) is 0 Å². The molecule has 110 valence electrons. The minimum absolute atomic E-state index is 0.0231. The van der Waals surface area contributed by atoms with Crippen LogP contribution in [0.1, 0.15) is 32.8 Å². The summed E-state index contributed by atoms with van der Waals surface area (Å²) in [6, 6.07) is 8.29. The van der Waals surface area contributed by atoms with Crippen LogP contribution in [-0.4, -0.2) is 36.0 Å². The Morgan fingerprint density at radius 1 is 1.45 bits per heavy atom. The van der Waals surface area contributed by atoms with Gasteiger partial charge in [-0.05, 0) is 31.0 Å². The van der Waals surface area contributed by atoms with Crippen molar-refractivity contribution in [2.45, 2.75) is 45.8 Å². The summed E-state index contributed by atoms with van der Waals surface area (Å²) < 4.78 is 5.50. The molecule has 1 aromatic rings. The van der Waals surface area contributed by atoms with Crippen LogP contribution in [0, 0.1) is 0 Å². The first-order chi connectivity index (χ1) is 9.60. The maximum Gasteiger partial charge on any atom is 0.240 e. The molecule has 4 nitrogen and oxygen atoms in total. The van der Waals surface area contributed by atoms with Gasteiger partial charge in [-0.15, -0.1) is 0 Å². The summed E-state index contributed by atoms with van der Waals surface area (Å²) in [6.45, 7) is 8.26.